The number of morpholine rings is 1. The van der Waals surface area contributed by atoms with Gasteiger partial charge in [-0.25, -0.2) is 0 Å². The molecule has 0 aliphatic carbocycles. The fourth-order valence-corrected chi connectivity index (χ4v) is 6.84. The van der Waals surface area contributed by atoms with E-state index in [2.05, 4.69) is 51.9 Å². The van der Waals surface area contributed by atoms with Crippen LogP contribution in [0.15, 0.2) is 97.1 Å². The van der Waals surface area contributed by atoms with Gasteiger partial charge >= 0.3 is 0 Å². The number of carbonyl (C=O) groups excluding carboxylic acids is 2. The fraction of sp³-hybridized carbons (Fsp3) is 0.395. The zero-order chi connectivity index (χ0) is 36.8. The van der Waals surface area contributed by atoms with E-state index in [4.69, 9.17) is 19.9 Å². The number of carbonyl (C=O) groups is 2. The van der Waals surface area contributed by atoms with Gasteiger partial charge in [0.25, 0.3) is 0 Å². The third-order valence-electron chi connectivity index (χ3n) is 9.91. The van der Waals surface area contributed by atoms with Crippen LogP contribution >= 0.6 is 0 Å². The summed E-state index contributed by atoms with van der Waals surface area (Å²) in [4.78, 5) is 27.2. The van der Waals surface area contributed by atoms with E-state index in [9.17, 15) is 14.7 Å². The maximum Gasteiger partial charge on any atom is 0.224 e. The number of hydrogen-bond acceptors (Lipinski definition) is 8. The molecule has 0 radical (unpaired) electrons. The Hall–Kier alpha value is -4.58. The minimum absolute atomic E-state index is 0.00000496. The molecule has 280 valence electrons. The van der Waals surface area contributed by atoms with Crippen LogP contribution in [0.1, 0.15) is 79.6 Å². The van der Waals surface area contributed by atoms with E-state index < -0.39 is 6.29 Å². The van der Waals surface area contributed by atoms with Crippen LogP contribution in [0.25, 0.3) is 11.1 Å². The van der Waals surface area contributed by atoms with Crippen LogP contribution in [-0.2, 0) is 37.0 Å². The Labute approximate surface area is 312 Å². The number of ether oxygens (including phenoxy) is 3. The molecular formula is C43H52N4O6. The number of hydrogen-bond donors (Lipinski definition) is 4. The Bertz CT molecular complexity index is 1760. The number of aliphatic hydroxyl groups is 1. The summed E-state index contributed by atoms with van der Waals surface area (Å²) in [6.07, 6.45) is 4.34. The number of anilines is 2. The van der Waals surface area contributed by atoms with Crippen molar-refractivity contribution < 1.29 is 28.9 Å². The molecule has 0 saturated carbocycles. The van der Waals surface area contributed by atoms with E-state index in [1.54, 1.807) is 12.1 Å². The first-order valence-corrected chi connectivity index (χ1v) is 18.8. The lowest BCUT2D eigenvalue weighted by molar-refractivity contribution is -0.253. The third kappa shape index (κ3) is 11.5. The highest BCUT2D eigenvalue weighted by Crippen LogP contribution is 2.38. The standard InChI is InChI=1S/C43H52N4O6/c44-38-10-5-6-11-39(38)46-42(50)13-4-2-1-3-12-41(49)45-28-32-8-7-9-36(26-32)33-18-20-35(21-19-33)43-52-37(29-47-22-24-51-25-23-47)27-40(53-43)34-16-14-31(30-48)15-17-34/h5-11,14-21,26,37,40,43,48H,1-4,12-13,22-25,27-30,44H2,(H,45,49)(H,46,50)/t37-,40+,43+/m1/s1. The zero-order valence-electron chi connectivity index (χ0n) is 30.4. The Balaban J connectivity index is 0.969. The normalized spacial score (nSPS) is 19.1. The summed E-state index contributed by atoms with van der Waals surface area (Å²) in [5, 5.41) is 15.4. The summed E-state index contributed by atoms with van der Waals surface area (Å²) in [6.45, 7) is 4.57. The summed E-state index contributed by atoms with van der Waals surface area (Å²) in [7, 11) is 0. The van der Waals surface area contributed by atoms with Crippen LogP contribution in [0.3, 0.4) is 0 Å². The third-order valence-corrected chi connectivity index (χ3v) is 9.91. The van der Waals surface area contributed by atoms with Crippen molar-refractivity contribution in [1.29, 1.82) is 0 Å². The molecule has 4 aromatic carbocycles. The summed E-state index contributed by atoms with van der Waals surface area (Å²) < 4.78 is 18.7. The second-order valence-electron chi connectivity index (χ2n) is 13.9. The minimum Gasteiger partial charge on any atom is -0.397 e. The minimum atomic E-state index is -0.507. The van der Waals surface area contributed by atoms with E-state index in [-0.39, 0.29) is 30.6 Å². The van der Waals surface area contributed by atoms with E-state index in [0.717, 1.165) is 98.3 Å². The molecular weight excluding hydrogens is 668 g/mol. The summed E-state index contributed by atoms with van der Waals surface area (Å²) in [6, 6.07) is 31.8. The fourth-order valence-electron chi connectivity index (χ4n) is 6.84. The van der Waals surface area contributed by atoms with Crippen LogP contribution in [0, 0.1) is 0 Å². The van der Waals surface area contributed by atoms with Crippen molar-refractivity contribution in [2.45, 2.75) is 76.6 Å². The molecule has 3 atom stereocenters. The Morgan fingerprint density at radius 3 is 2.21 bits per heavy atom. The van der Waals surface area contributed by atoms with Gasteiger partial charge < -0.3 is 35.7 Å². The van der Waals surface area contributed by atoms with E-state index in [1.807, 2.05) is 48.5 Å². The number of nitrogen functional groups attached to an aromatic ring is 1. The Morgan fingerprint density at radius 1 is 0.755 bits per heavy atom. The van der Waals surface area contributed by atoms with Gasteiger partial charge in [-0.15, -0.1) is 0 Å². The lowest BCUT2D eigenvalue weighted by Gasteiger charge is -2.39. The van der Waals surface area contributed by atoms with Gasteiger partial charge in [-0.3, -0.25) is 14.5 Å². The van der Waals surface area contributed by atoms with Crippen molar-refractivity contribution in [3.63, 3.8) is 0 Å². The Morgan fingerprint density at radius 2 is 1.47 bits per heavy atom. The maximum atomic E-state index is 12.6. The lowest BCUT2D eigenvalue weighted by Crippen LogP contribution is -2.44. The maximum absolute atomic E-state index is 12.6. The Kier molecular flexibility index (Phi) is 14.0. The number of unbranched alkanes of at least 4 members (excludes halogenated alkanes) is 3. The summed E-state index contributed by atoms with van der Waals surface area (Å²) >= 11 is 0. The molecule has 2 saturated heterocycles. The first-order chi connectivity index (χ1) is 25.9. The predicted molar refractivity (Wildman–Crippen MR) is 207 cm³/mol. The van der Waals surface area contributed by atoms with Gasteiger partial charge in [-0.05, 0) is 58.9 Å². The highest BCUT2D eigenvalue weighted by molar-refractivity contribution is 5.93. The van der Waals surface area contributed by atoms with E-state index in [0.29, 0.717) is 30.8 Å². The van der Waals surface area contributed by atoms with Crippen LogP contribution in [0.2, 0.25) is 0 Å². The molecule has 4 aromatic rings. The van der Waals surface area contributed by atoms with Gasteiger partial charge in [0.2, 0.25) is 11.8 Å². The molecule has 2 aliphatic rings. The summed E-state index contributed by atoms with van der Waals surface area (Å²) in [5.74, 6) is -0.0191. The van der Waals surface area contributed by atoms with Crippen molar-refractivity contribution in [2.24, 2.45) is 0 Å². The molecule has 0 aromatic heterocycles. The molecule has 10 nitrogen and oxygen atoms in total. The van der Waals surface area contributed by atoms with Gasteiger partial charge in [0.1, 0.15) is 0 Å². The number of para-hydroxylation sites is 2. The highest BCUT2D eigenvalue weighted by Gasteiger charge is 2.33. The second kappa shape index (κ2) is 19.5. The molecule has 2 amide bonds. The molecule has 53 heavy (non-hydrogen) atoms. The number of nitrogens with zero attached hydrogens (tertiary/aromatic N) is 1. The van der Waals surface area contributed by atoms with Gasteiger partial charge in [-0.2, -0.15) is 0 Å². The van der Waals surface area contributed by atoms with Crippen molar-refractivity contribution in [3.8, 4) is 11.1 Å². The number of rotatable bonds is 16. The molecule has 6 rings (SSSR count). The average Bonchev–Trinajstić information content (AvgIpc) is 3.20. The quantitative estimate of drug-likeness (QED) is 0.0726. The van der Waals surface area contributed by atoms with Gasteiger partial charge in [0.15, 0.2) is 6.29 Å². The van der Waals surface area contributed by atoms with Crippen LogP contribution in [-0.4, -0.2) is 60.8 Å². The molecule has 2 heterocycles. The summed E-state index contributed by atoms with van der Waals surface area (Å²) in [5.41, 5.74) is 13.2. The highest BCUT2D eigenvalue weighted by atomic mass is 16.7. The van der Waals surface area contributed by atoms with Crippen LogP contribution in [0.4, 0.5) is 11.4 Å². The average molecular weight is 721 g/mol. The van der Waals surface area contributed by atoms with Crippen LogP contribution in [0.5, 0.6) is 0 Å². The smallest absolute Gasteiger partial charge is 0.224 e. The largest absolute Gasteiger partial charge is 0.397 e. The van der Waals surface area contributed by atoms with E-state index >= 15 is 0 Å². The predicted octanol–water partition coefficient (Wildman–Crippen LogP) is 6.90. The zero-order valence-corrected chi connectivity index (χ0v) is 30.4. The monoisotopic (exact) mass is 720 g/mol. The van der Waals surface area contributed by atoms with Gasteiger partial charge in [-0.1, -0.05) is 91.7 Å². The number of amides is 2. The molecule has 0 unspecified atom stereocenters. The first kappa shape index (κ1) is 38.2. The molecule has 2 fully saturated rings. The van der Waals surface area contributed by atoms with Gasteiger partial charge in [0, 0.05) is 51.0 Å². The molecule has 10 heteroatoms. The number of nitrogens with two attached hydrogens (primary N) is 1. The number of aliphatic hydroxyl groups excluding tert-OH is 1. The second-order valence-corrected chi connectivity index (χ2v) is 13.9. The van der Waals surface area contributed by atoms with Crippen molar-refractivity contribution in [3.05, 3.63) is 119 Å². The topological polar surface area (TPSA) is 135 Å². The molecule has 2 aliphatic heterocycles. The number of nitrogens with one attached hydrogen (secondary N) is 2. The van der Waals surface area contributed by atoms with Gasteiger partial charge in [0.05, 0.1) is 43.4 Å². The molecule has 0 bridgehead atoms. The first-order valence-electron chi connectivity index (χ1n) is 18.8. The lowest BCUT2D eigenvalue weighted by atomic mass is 9.99. The van der Waals surface area contributed by atoms with E-state index in [1.165, 1.54) is 0 Å². The number of benzene rings is 4. The SMILES string of the molecule is Nc1ccccc1NC(=O)CCCCCCC(=O)NCc1cccc(-c2ccc([C@H]3O[C@@H](CN4CCOCC4)C[C@@H](c4ccc(CO)cc4)O3)cc2)c1. The molecule has 5 N–H and O–H groups in total. The van der Waals surface area contributed by atoms with Crippen LogP contribution < -0.4 is 16.4 Å². The molecule has 0 spiro atoms. The van der Waals surface area contributed by atoms with Crippen molar-refractivity contribution >= 4 is 23.2 Å². The van der Waals surface area contributed by atoms with Crippen molar-refractivity contribution in [2.75, 3.05) is 43.9 Å². The van der Waals surface area contributed by atoms with Crippen molar-refractivity contribution in [1.82, 2.24) is 10.2 Å².